The molecule has 0 aliphatic rings. The van der Waals surface area contributed by atoms with Gasteiger partial charge in [-0.15, -0.1) is 0 Å². The normalized spacial score (nSPS) is 12.3. The van der Waals surface area contributed by atoms with Crippen LogP contribution in [0, 0.1) is 0 Å². The Morgan fingerprint density at radius 2 is 1.79 bits per heavy atom. The van der Waals surface area contributed by atoms with Crippen LogP contribution in [0.4, 0.5) is 0 Å². The minimum absolute atomic E-state index is 0.169. The largest absolute Gasteiger partial charge is 0.356 e. The van der Waals surface area contributed by atoms with Crippen LogP contribution in [0.2, 0.25) is 0 Å². The first-order valence-electron chi connectivity index (χ1n) is 9.72. The van der Waals surface area contributed by atoms with Gasteiger partial charge in [0.1, 0.15) is 0 Å². The number of amides is 1. The monoisotopic (exact) mass is 332 g/mol. The summed E-state index contributed by atoms with van der Waals surface area (Å²) in [6.07, 6.45) is 8.01. The van der Waals surface area contributed by atoms with E-state index in [-0.39, 0.29) is 5.91 Å². The fourth-order valence-corrected chi connectivity index (χ4v) is 3.07. The third kappa shape index (κ3) is 9.07. The van der Waals surface area contributed by atoms with Crippen LogP contribution in [-0.4, -0.2) is 36.5 Å². The molecule has 0 saturated heterocycles. The van der Waals surface area contributed by atoms with Gasteiger partial charge in [0.2, 0.25) is 5.91 Å². The Hall–Kier alpha value is -1.35. The minimum atomic E-state index is 0.169. The summed E-state index contributed by atoms with van der Waals surface area (Å²) in [5.41, 5.74) is 1.27. The lowest BCUT2D eigenvalue weighted by atomic mass is 10.1. The molecule has 0 aromatic heterocycles. The number of nitrogens with zero attached hydrogens (tertiary/aromatic N) is 1. The van der Waals surface area contributed by atoms with Gasteiger partial charge in [-0.05, 0) is 38.4 Å². The van der Waals surface area contributed by atoms with E-state index in [4.69, 9.17) is 0 Å². The summed E-state index contributed by atoms with van der Waals surface area (Å²) in [4.78, 5) is 14.6. The third-order valence-corrected chi connectivity index (χ3v) is 4.64. The van der Waals surface area contributed by atoms with Gasteiger partial charge >= 0.3 is 0 Å². The summed E-state index contributed by atoms with van der Waals surface area (Å²) in [5.74, 6) is 0.169. The van der Waals surface area contributed by atoms with E-state index in [9.17, 15) is 4.79 Å². The van der Waals surface area contributed by atoms with Crippen LogP contribution < -0.4 is 5.32 Å². The molecular weight excluding hydrogens is 296 g/mol. The summed E-state index contributed by atoms with van der Waals surface area (Å²) in [6.45, 7) is 9.46. The molecule has 24 heavy (non-hydrogen) atoms. The molecule has 0 fully saturated rings. The Balaban J connectivity index is 2.20. The Morgan fingerprint density at radius 3 is 2.46 bits per heavy atom. The second-order valence-corrected chi connectivity index (χ2v) is 6.68. The van der Waals surface area contributed by atoms with E-state index in [1.165, 1.54) is 37.7 Å². The molecule has 1 rings (SSSR count). The average Bonchev–Trinajstić information content (AvgIpc) is 2.59. The maximum Gasteiger partial charge on any atom is 0.221 e. The summed E-state index contributed by atoms with van der Waals surface area (Å²) in [5, 5.41) is 3.06. The van der Waals surface area contributed by atoms with Crippen molar-refractivity contribution < 1.29 is 4.79 Å². The van der Waals surface area contributed by atoms with E-state index < -0.39 is 0 Å². The van der Waals surface area contributed by atoms with Crippen LogP contribution in [0.15, 0.2) is 30.3 Å². The van der Waals surface area contributed by atoms with E-state index >= 15 is 0 Å². The third-order valence-electron chi connectivity index (χ3n) is 4.64. The lowest BCUT2D eigenvalue weighted by Gasteiger charge is -2.27. The predicted molar refractivity (Wildman–Crippen MR) is 103 cm³/mol. The van der Waals surface area contributed by atoms with Crippen LogP contribution in [0.25, 0.3) is 0 Å². The summed E-state index contributed by atoms with van der Waals surface area (Å²) < 4.78 is 0. The molecule has 1 aromatic carbocycles. The Labute approximate surface area is 148 Å². The molecule has 1 aromatic rings. The second-order valence-electron chi connectivity index (χ2n) is 6.68. The first-order valence-corrected chi connectivity index (χ1v) is 9.72. The second kappa shape index (κ2) is 13.0. The highest BCUT2D eigenvalue weighted by Gasteiger charge is 2.15. The maximum atomic E-state index is 12.1. The van der Waals surface area contributed by atoms with Crippen molar-refractivity contribution in [2.75, 3.05) is 19.6 Å². The standard InChI is InChI=1S/C21H36N2O/c1-4-6-7-8-12-17-23(5-2)19(3)18-21(24)22-16-15-20-13-10-9-11-14-20/h9-11,13-14,19H,4-8,12,15-18H2,1-3H3,(H,22,24). The topological polar surface area (TPSA) is 32.3 Å². The van der Waals surface area contributed by atoms with Gasteiger partial charge in [0.05, 0.1) is 0 Å². The number of rotatable bonds is 13. The Kier molecular flexibility index (Phi) is 11.2. The molecule has 136 valence electrons. The van der Waals surface area contributed by atoms with E-state index in [0.717, 1.165) is 26.1 Å². The molecule has 1 N–H and O–H groups in total. The predicted octanol–water partition coefficient (Wildman–Crippen LogP) is 4.42. The minimum Gasteiger partial charge on any atom is -0.356 e. The highest BCUT2D eigenvalue weighted by molar-refractivity contribution is 5.76. The molecule has 1 atom stereocenters. The molecule has 0 aliphatic carbocycles. The van der Waals surface area contributed by atoms with Gasteiger partial charge in [0, 0.05) is 19.0 Å². The van der Waals surface area contributed by atoms with E-state index in [2.05, 4.69) is 43.1 Å². The molecule has 3 nitrogen and oxygen atoms in total. The first kappa shape index (κ1) is 20.7. The number of hydrogen-bond acceptors (Lipinski definition) is 2. The molecule has 0 spiro atoms. The zero-order valence-electron chi connectivity index (χ0n) is 15.9. The van der Waals surface area contributed by atoms with Crippen molar-refractivity contribution in [2.45, 2.75) is 71.8 Å². The zero-order chi connectivity index (χ0) is 17.6. The molecule has 3 heteroatoms. The Morgan fingerprint density at radius 1 is 1.08 bits per heavy atom. The van der Waals surface area contributed by atoms with Crippen molar-refractivity contribution in [1.82, 2.24) is 10.2 Å². The van der Waals surface area contributed by atoms with E-state index in [1.807, 2.05) is 18.2 Å². The number of carbonyl (C=O) groups excluding carboxylic acids is 1. The number of benzene rings is 1. The molecule has 0 radical (unpaired) electrons. The van der Waals surface area contributed by atoms with Gasteiger partial charge in [-0.3, -0.25) is 4.79 Å². The number of nitrogens with one attached hydrogen (secondary N) is 1. The van der Waals surface area contributed by atoms with E-state index in [0.29, 0.717) is 12.5 Å². The van der Waals surface area contributed by atoms with Crippen molar-refractivity contribution in [3.63, 3.8) is 0 Å². The van der Waals surface area contributed by atoms with Crippen molar-refractivity contribution in [1.29, 1.82) is 0 Å². The van der Waals surface area contributed by atoms with Crippen LogP contribution in [0.1, 0.15) is 64.9 Å². The van der Waals surface area contributed by atoms with Gasteiger partial charge in [0.15, 0.2) is 0 Å². The highest BCUT2D eigenvalue weighted by atomic mass is 16.1. The van der Waals surface area contributed by atoms with Gasteiger partial charge in [-0.25, -0.2) is 0 Å². The molecule has 1 amide bonds. The Bertz CT molecular complexity index is 433. The highest BCUT2D eigenvalue weighted by Crippen LogP contribution is 2.08. The summed E-state index contributed by atoms with van der Waals surface area (Å²) >= 11 is 0. The number of hydrogen-bond donors (Lipinski definition) is 1. The molecule has 0 saturated carbocycles. The fraction of sp³-hybridized carbons (Fsp3) is 0.667. The van der Waals surface area contributed by atoms with Crippen LogP contribution in [-0.2, 0) is 11.2 Å². The van der Waals surface area contributed by atoms with E-state index in [1.54, 1.807) is 0 Å². The van der Waals surface area contributed by atoms with Crippen LogP contribution in [0.5, 0.6) is 0 Å². The van der Waals surface area contributed by atoms with Crippen molar-refractivity contribution >= 4 is 5.91 Å². The van der Waals surface area contributed by atoms with Crippen molar-refractivity contribution in [2.24, 2.45) is 0 Å². The first-order chi connectivity index (χ1) is 11.7. The average molecular weight is 333 g/mol. The zero-order valence-corrected chi connectivity index (χ0v) is 15.9. The van der Waals surface area contributed by atoms with Gasteiger partial charge in [0.25, 0.3) is 0 Å². The summed E-state index contributed by atoms with van der Waals surface area (Å²) in [6, 6.07) is 10.6. The van der Waals surface area contributed by atoms with Crippen molar-refractivity contribution in [3.05, 3.63) is 35.9 Å². The SMILES string of the molecule is CCCCCCCN(CC)C(C)CC(=O)NCCc1ccccc1. The lowest BCUT2D eigenvalue weighted by Crippen LogP contribution is -2.38. The van der Waals surface area contributed by atoms with Gasteiger partial charge in [-0.2, -0.15) is 0 Å². The van der Waals surface area contributed by atoms with Gasteiger partial charge in [-0.1, -0.05) is 69.9 Å². The molecule has 1 unspecified atom stereocenters. The summed E-state index contributed by atoms with van der Waals surface area (Å²) in [7, 11) is 0. The van der Waals surface area contributed by atoms with Crippen LogP contribution in [0.3, 0.4) is 0 Å². The molecular formula is C21H36N2O. The van der Waals surface area contributed by atoms with Crippen LogP contribution >= 0.6 is 0 Å². The molecule has 0 heterocycles. The number of unbranched alkanes of at least 4 members (excludes halogenated alkanes) is 4. The fourth-order valence-electron chi connectivity index (χ4n) is 3.07. The molecule has 0 bridgehead atoms. The molecule has 0 aliphatic heterocycles. The quantitative estimate of drug-likeness (QED) is 0.542. The maximum absolute atomic E-state index is 12.1. The smallest absolute Gasteiger partial charge is 0.221 e. The lowest BCUT2D eigenvalue weighted by molar-refractivity contribution is -0.122. The van der Waals surface area contributed by atoms with Gasteiger partial charge < -0.3 is 10.2 Å². The van der Waals surface area contributed by atoms with Crippen molar-refractivity contribution in [3.8, 4) is 0 Å². The number of carbonyl (C=O) groups is 1.